The molecule has 0 N–H and O–H groups in total. The molecular formula is C11H22O2S. The van der Waals surface area contributed by atoms with Gasteiger partial charge < -0.3 is 9.47 Å². The molecule has 0 bridgehead atoms. The standard InChI is InChI=1S/C11H22O2S/c14-9-8-12-6-7-13-10-11-4-2-1-3-5-11/h11,14H,1-10H2. The van der Waals surface area contributed by atoms with E-state index >= 15 is 0 Å². The molecule has 0 radical (unpaired) electrons. The summed E-state index contributed by atoms with van der Waals surface area (Å²) in [6.07, 6.45) is 6.92. The van der Waals surface area contributed by atoms with Gasteiger partial charge in [0.1, 0.15) is 0 Å². The zero-order chi connectivity index (χ0) is 10.1. The van der Waals surface area contributed by atoms with E-state index in [2.05, 4.69) is 12.6 Å². The average Bonchev–Trinajstić information content (AvgIpc) is 2.25. The highest BCUT2D eigenvalue weighted by Gasteiger charge is 2.12. The van der Waals surface area contributed by atoms with E-state index in [1.54, 1.807) is 0 Å². The molecule has 3 heteroatoms. The normalized spacial score (nSPS) is 18.6. The van der Waals surface area contributed by atoms with Crippen LogP contribution in [0.25, 0.3) is 0 Å². The van der Waals surface area contributed by atoms with Crippen LogP contribution in [0.4, 0.5) is 0 Å². The van der Waals surface area contributed by atoms with Crippen molar-refractivity contribution in [3.05, 3.63) is 0 Å². The van der Waals surface area contributed by atoms with E-state index in [0.717, 1.165) is 31.5 Å². The van der Waals surface area contributed by atoms with Gasteiger partial charge in [-0.1, -0.05) is 19.3 Å². The molecule has 0 aromatic heterocycles. The Morgan fingerprint density at radius 2 is 1.64 bits per heavy atom. The summed E-state index contributed by atoms with van der Waals surface area (Å²) < 4.78 is 10.8. The van der Waals surface area contributed by atoms with Gasteiger partial charge in [-0.3, -0.25) is 0 Å². The lowest BCUT2D eigenvalue weighted by molar-refractivity contribution is 0.0321. The fourth-order valence-electron chi connectivity index (χ4n) is 1.89. The van der Waals surface area contributed by atoms with Gasteiger partial charge in [0.05, 0.1) is 19.8 Å². The van der Waals surface area contributed by atoms with Crippen LogP contribution in [0, 0.1) is 5.92 Å². The maximum absolute atomic E-state index is 5.57. The Morgan fingerprint density at radius 1 is 0.929 bits per heavy atom. The van der Waals surface area contributed by atoms with E-state index in [9.17, 15) is 0 Å². The van der Waals surface area contributed by atoms with Crippen molar-refractivity contribution in [1.82, 2.24) is 0 Å². The molecule has 2 nitrogen and oxygen atoms in total. The first-order chi connectivity index (χ1) is 6.93. The molecule has 0 heterocycles. The van der Waals surface area contributed by atoms with Gasteiger partial charge in [-0.25, -0.2) is 0 Å². The van der Waals surface area contributed by atoms with Crippen molar-refractivity contribution in [1.29, 1.82) is 0 Å². The number of hydrogen-bond donors (Lipinski definition) is 1. The summed E-state index contributed by atoms with van der Waals surface area (Å²) in [6, 6.07) is 0. The average molecular weight is 218 g/mol. The lowest BCUT2D eigenvalue weighted by Gasteiger charge is -2.21. The smallest absolute Gasteiger partial charge is 0.0700 e. The van der Waals surface area contributed by atoms with Gasteiger partial charge in [-0.05, 0) is 18.8 Å². The van der Waals surface area contributed by atoms with Crippen LogP contribution in [-0.4, -0.2) is 32.2 Å². The van der Waals surface area contributed by atoms with Crippen LogP contribution in [0.2, 0.25) is 0 Å². The van der Waals surface area contributed by atoms with E-state index in [0.29, 0.717) is 6.61 Å². The summed E-state index contributed by atoms with van der Waals surface area (Å²) in [6.45, 7) is 3.12. The molecular weight excluding hydrogens is 196 g/mol. The molecule has 0 aliphatic heterocycles. The van der Waals surface area contributed by atoms with Crippen molar-refractivity contribution in [3.8, 4) is 0 Å². The Bertz CT molecular complexity index is 124. The topological polar surface area (TPSA) is 18.5 Å². The van der Waals surface area contributed by atoms with Crippen molar-refractivity contribution >= 4 is 12.6 Å². The zero-order valence-corrected chi connectivity index (χ0v) is 9.81. The SMILES string of the molecule is SCCOCCOCC1CCCCC1. The quantitative estimate of drug-likeness (QED) is 0.523. The first-order valence-corrected chi connectivity index (χ1v) is 6.33. The first kappa shape index (κ1) is 12.3. The molecule has 0 saturated heterocycles. The highest BCUT2D eigenvalue weighted by molar-refractivity contribution is 7.80. The number of ether oxygens (including phenoxy) is 2. The molecule has 0 spiro atoms. The van der Waals surface area contributed by atoms with E-state index in [-0.39, 0.29) is 0 Å². The summed E-state index contributed by atoms with van der Waals surface area (Å²) >= 11 is 4.06. The second kappa shape index (κ2) is 8.57. The van der Waals surface area contributed by atoms with Crippen molar-refractivity contribution in [3.63, 3.8) is 0 Å². The van der Waals surface area contributed by atoms with E-state index in [4.69, 9.17) is 9.47 Å². The third kappa shape index (κ3) is 5.89. The molecule has 84 valence electrons. The Kier molecular flexibility index (Phi) is 7.55. The van der Waals surface area contributed by atoms with Crippen LogP contribution in [-0.2, 0) is 9.47 Å². The molecule has 0 atom stereocenters. The molecule has 0 amide bonds. The van der Waals surface area contributed by atoms with Gasteiger partial charge in [0.2, 0.25) is 0 Å². The molecule has 1 saturated carbocycles. The summed E-state index contributed by atoms with van der Waals surface area (Å²) in [5, 5.41) is 0. The lowest BCUT2D eigenvalue weighted by atomic mass is 9.90. The molecule has 0 aromatic rings. The van der Waals surface area contributed by atoms with Crippen molar-refractivity contribution in [2.75, 3.05) is 32.2 Å². The minimum Gasteiger partial charge on any atom is -0.379 e. The molecule has 0 aromatic carbocycles. The molecule has 1 fully saturated rings. The number of rotatable bonds is 7. The predicted molar refractivity (Wildman–Crippen MR) is 62.1 cm³/mol. The molecule has 1 aliphatic carbocycles. The fourth-order valence-corrected chi connectivity index (χ4v) is 2.02. The highest BCUT2D eigenvalue weighted by Crippen LogP contribution is 2.23. The maximum Gasteiger partial charge on any atom is 0.0700 e. The number of hydrogen-bond acceptors (Lipinski definition) is 3. The fraction of sp³-hybridized carbons (Fsp3) is 1.00. The summed E-state index contributed by atoms with van der Waals surface area (Å²) in [5.74, 6) is 1.61. The van der Waals surface area contributed by atoms with Crippen LogP contribution >= 0.6 is 12.6 Å². The predicted octanol–water partition coefficient (Wildman–Crippen LogP) is 2.53. The second-order valence-electron chi connectivity index (χ2n) is 3.91. The van der Waals surface area contributed by atoms with E-state index < -0.39 is 0 Å². The molecule has 14 heavy (non-hydrogen) atoms. The summed E-state index contributed by atoms with van der Waals surface area (Å²) in [5.41, 5.74) is 0. The molecule has 1 aliphatic rings. The highest BCUT2D eigenvalue weighted by atomic mass is 32.1. The second-order valence-corrected chi connectivity index (χ2v) is 4.36. The monoisotopic (exact) mass is 218 g/mol. The Hall–Kier alpha value is 0.270. The van der Waals surface area contributed by atoms with Gasteiger partial charge in [0.25, 0.3) is 0 Å². The summed E-state index contributed by atoms with van der Waals surface area (Å²) in [7, 11) is 0. The largest absolute Gasteiger partial charge is 0.379 e. The van der Waals surface area contributed by atoms with Gasteiger partial charge >= 0.3 is 0 Å². The molecule has 1 rings (SSSR count). The Morgan fingerprint density at radius 3 is 2.36 bits per heavy atom. The Balaban J connectivity index is 1.82. The first-order valence-electron chi connectivity index (χ1n) is 5.70. The van der Waals surface area contributed by atoms with Crippen LogP contribution in [0.15, 0.2) is 0 Å². The van der Waals surface area contributed by atoms with E-state index in [1.165, 1.54) is 32.1 Å². The van der Waals surface area contributed by atoms with Crippen LogP contribution < -0.4 is 0 Å². The third-order valence-electron chi connectivity index (χ3n) is 2.69. The van der Waals surface area contributed by atoms with Crippen molar-refractivity contribution < 1.29 is 9.47 Å². The van der Waals surface area contributed by atoms with Gasteiger partial charge in [0.15, 0.2) is 0 Å². The van der Waals surface area contributed by atoms with Gasteiger partial charge in [-0.15, -0.1) is 0 Å². The van der Waals surface area contributed by atoms with Gasteiger partial charge in [-0.2, -0.15) is 12.6 Å². The lowest BCUT2D eigenvalue weighted by Crippen LogP contribution is -2.15. The van der Waals surface area contributed by atoms with Crippen molar-refractivity contribution in [2.45, 2.75) is 32.1 Å². The van der Waals surface area contributed by atoms with Crippen LogP contribution in [0.1, 0.15) is 32.1 Å². The van der Waals surface area contributed by atoms with E-state index in [1.807, 2.05) is 0 Å². The Labute approximate surface area is 92.8 Å². The maximum atomic E-state index is 5.57. The number of thiol groups is 1. The summed E-state index contributed by atoms with van der Waals surface area (Å²) in [4.78, 5) is 0. The van der Waals surface area contributed by atoms with Crippen LogP contribution in [0.5, 0.6) is 0 Å². The van der Waals surface area contributed by atoms with Gasteiger partial charge in [0, 0.05) is 12.4 Å². The minimum atomic E-state index is 0.716. The molecule has 0 unspecified atom stereocenters. The van der Waals surface area contributed by atoms with Crippen molar-refractivity contribution in [2.24, 2.45) is 5.92 Å². The zero-order valence-electron chi connectivity index (χ0n) is 8.91. The minimum absolute atomic E-state index is 0.716. The van der Waals surface area contributed by atoms with Crippen LogP contribution in [0.3, 0.4) is 0 Å². The third-order valence-corrected chi connectivity index (χ3v) is 2.87.